The van der Waals surface area contributed by atoms with Crippen molar-refractivity contribution in [2.45, 2.75) is 62.1 Å². The van der Waals surface area contributed by atoms with E-state index in [9.17, 15) is 0 Å². The Balaban J connectivity index is -0.000000190. The van der Waals surface area contributed by atoms with E-state index >= 15 is 0 Å². The van der Waals surface area contributed by atoms with Gasteiger partial charge in [0.05, 0.1) is 0 Å². The van der Waals surface area contributed by atoms with Crippen molar-refractivity contribution in [1.29, 1.82) is 0 Å². The molecule has 1 fully saturated rings. The maximum Gasteiger partial charge on any atom is 0.0367 e. The second-order valence-corrected chi connectivity index (χ2v) is 6.85. The lowest BCUT2D eigenvalue weighted by Crippen LogP contribution is -2.48. The smallest absolute Gasteiger partial charge is 0.0367 e. The minimum absolute atomic E-state index is 0. The number of para-hydroxylation sites is 1. The molecule has 0 atom stereocenters. The topological polar surface area (TPSA) is 32.5 Å². The standard InChI is InChI=1S/C13H20N2.C6H6.C3H9N.3CH4.B/c1-12(2)14-8-10-15(11-9-14)13-6-4-3-5-7-13;1-2-4-6-5-3-1;1-3(2)4;;;;/h3-7,12H,8-11H2,1-2H3;1-6H;3H,4H2,1-2H3;3*1H4;. The van der Waals surface area contributed by atoms with Crippen LogP contribution < -0.4 is 10.6 Å². The second kappa shape index (κ2) is 20.9. The van der Waals surface area contributed by atoms with Crippen LogP contribution in [0.4, 0.5) is 5.69 Å². The Hall–Kier alpha value is -1.78. The van der Waals surface area contributed by atoms with Crippen molar-refractivity contribution in [3.8, 4) is 0 Å². The molecule has 1 heterocycles. The molecule has 0 bridgehead atoms. The van der Waals surface area contributed by atoms with Gasteiger partial charge in [0.2, 0.25) is 0 Å². The number of piperazine rings is 1. The molecule has 0 saturated carbocycles. The summed E-state index contributed by atoms with van der Waals surface area (Å²) in [7, 11) is 0. The van der Waals surface area contributed by atoms with Crippen molar-refractivity contribution in [2.75, 3.05) is 31.1 Å². The molecule has 165 valence electrons. The molecule has 0 aromatic heterocycles. The Bertz CT molecular complexity index is 495. The van der Waals surface area contributed by atoms with Crippen molar-refractivity contribution in [3.05, 3.63) is 66.7 Å². The fourth-order valence-electron chi connectivity index (χ4n) is 2.52. The lowest BCUT2D eigenvalue weighted by molar-refractivity contribution is 0.209. The Kier molecular flexibility index (Phi) is 25.1. The summed E-state index contributed by atoms with van der Waals surface area (Å²) in [5, 5.41) is 0. The van der Waals surface area contributed by atoms with Crippen molar-refractivity contribution >= 4 is 14.1 Å². The molecule has 2 aromatic carbocycles. The van der Waals surface area contributed by atoms with Crippen LogP contribution in [0, 0.1) is 0 Å². The molecule has 2 aromatic rings. The molecular weight excluding hydrogens is 353 g/mol. The Morgan fingerprint density at radius 2 is 0.966 bits per heavy atom. The predicted molar refractivity (Wildman–Crippen MR) is 137 cm³/mol. The fourth-order valence-corrected chi connectivity index (χ4v) is 2.52. The number of hydrogen-bond acceptors (Lipinski definition) is 3. The van der Waals surface area contributed by atoms with Gasteiger partial charge in [-0.25, -0.2) is 0 Å². The zero-order chi connectivity index (χ0) is 18.5. The molecule has 0 spiro atoms. The molecule has 3 radical (unpaired) electrons. The molecule has 4 heteroatoms. The highest BCUT2D eigenvalue weighted by molar-refractivity contribution is 5.75. The molecule has 0 aliphatic carbocycles. The van der Waals surface area contributed by atoms with Crippen LogP contribution in [0.1, 0.15) is 50.0 Å². The van der Waals surface area contributed by atoms with E-state index in [0.717, 1.165) is 13.1 Å². The van der Waals surface area contributed by atoms with Crippen molar-refractivity contribution < 1.29 is 0 Å². The van der Waals surface area contributed by atoms with Crippen molar-refractivity contribution in [2.24, 2.45) is 5.73 Å². The zero-order valence-corrected chi connectivity index (χ0v) is 16.9. The highest BCUT2D eigenvalue weighted by Crippen LogP contribution is 2.16. The van der Waals surface area contributed by atoms with Crippen LogP contribution in [0.3, 0.4) is 0 Å². The summed E-state index contributed by atoms with van der Waals surface area (Å²) >= 11 is 0. The first-order valence-corrected chi connectivity index (χ1v) is 9.30. The number of hydrogen-bond donors (Lipinski definition) is 1. The monoisotopic (exact) mass is 400 g/mol. The number of nitrogens with two attached hydrogens (primary N) is 1. The highest BCUT2D eigenvalue weighted by atomic mass is 15.3. The summed E-state index contributed by atoms with van der Waals surface area (Å²) in [5.41, 5.74) is 6.47. The van der Waals surface area contributed by atoms with Gasteiger partial charge in [-0.1, -0.05) is 90.7 Å². The van der Waals surface area contributed by atoms with E-state index < -0.39 is 0 Å². The van der Waals surface area contributed by atoms with Crippen LogP contribution in [-0.4, -0.2) is 51.6 Å². The number of anilines is 1. The Labute approximate surface area is 184 Å². The van der Waals surface area contributed by atoms with E-state index in [4.69, 9.17) is 5.73 Å². The summed E-state index contributed by atoms with van der Waals surface area (Å²) < 4.78 is 0. The molecule has 1 saturated heterocycles. The number of rotatable bonds is 2. The van der Waals surface area contributed by atoms with Gasteiger partial charge in [0.15, 0.2) is 0 Å². The molecule has 0 unspecified atom stereocenters. The van der Waals surface area contributed by atoms with Crippen LogP contribution in [0.15, 0.2) is 66.7 Å². The largest absolute Gasteiger partial charge is 0.369 e. The predicted octanol–water partition coefficient (Wildman–Crippen LogP) is 5.78. The third-order valence-corrected chi connectivity index (χ3v) is 3.83. The molecular formula is C25H47BN3. The maximum absolute atomic E-state index is 5.11. The van der Waals surface area contributed by atoms with Crippen LogP contribution in [-0.2, 0) is 0 Å². The number of benzene rings is 2. The average molecular weight is 400 g/mol. The molecule has 1 aliphatic rings. The first-order chi connectivity index (χ1) is 12.0. The molecule has 1 aliphatic heterocycles. The van der Waals surface area contributed by atoms with E-state index in [1.54, 1.807) is 0 Å². The van der Waals surface area contributed by atoms with Crippen molar-refractivity contribution in [3.63, 3.8) is 0 Å². The summed E-state index contributed by atoms with van der Waals surface area (Å²) in [4.78, 5) is 5.01. The molecule has 3 nitrogen and oxygen atoms in total. The molecule has 0 amide bonds. The van der Waals surface area contributed by atoms with Gasteiger partial charge in [0, 0.05) is 46.3 Å². The van der Waals surface area contributed by atoms with Gasteiger partial charge < -0.3 is 10.6 Å². The van der Waals surface area contributed by atoms with Crippen LogP contribution in [0.25, 0.3) is 0 Å². The fraction of sp³-hybridized carbons (Fsp3) is 0.520. The SMILES string of the molecule is C.C.C.CC(C)N.CC(C)N1CCN(c2ccccc2)CC1.[B].c1ccccc1. The molecule has 29 heavy (non-hydrogen) atoms. The Morgan fingerprint density at radius 3 is 1.28 bits per heavy atom. The van der Waals surface area contributed by atoms with E-state index in [-0.39, 0.29) is 30.7 Å². The average Bonchev–Trinajstić information content (AvgIpc) is 2.64. The minimum Gasteiger partial charge on any atom is -0.369 e. The third-order valence-electron chi connectivity index (χ3n) is 3.83. The van der Waals surface area contributed by atoms with E-state index in [0.29, 0.717) is 12.1 Å². The summed E-state index contributed by atoms with van der Waals surface area (Å²) in [6, 6.07) is 23.7. The van der Waals surface area contributed by atoms with Crippen LogP contribution in [0.2, 0.25) is 0 Å². The Morgan fingerprint density at radius 1 is 0.655 bits per heavy atom. The van der Waals surface area contributed by atoms with E-state index in [2.05, 4.69) is 54.0 Å². The van der Waals surface area contributed by atoms with Gasteiger partial charge in [-0.2, -0.15) is 0 Å². The third kappa shape index (κ3) is 16.8. The quantitative estimate of drug-likeness (QED) is 0.648. The van der Waals surface area contributed by atoms with Gasteiger partial charge in [-0.3, -0.25) is 4.90 Å². The maximum atomic E-state index is 5.11. The normalized spacial score (nSPS) is 12.4. The van der Waals surface area contributed by atoms with Gasteiger partial charge in [-0.05, 0) is 32.0 Å². The molecule has 2 N–H and O–H groups in total. The summed E-state index contributed by atoms with van der Waals surface area (Å²) in [6.07, 6.45) is 0. The molecule has 3 rings (SSSR count). The van der Waals surface area contributed by atoms with Crippen LogP contribution >= 0.6 is 0 Å². The van der Waals surface area contributed by atoms with Crippen LogP contribution in [0.5, 0.6) is 0 Å². The minimum atomic E-state index is 0. The highest BCUT2D eigenvalue weighted by Gasteiger charge is 2.18. The second-order valence-electron chi connectivity index (χ2n) is 6.85. The van der Waals surface area contributed by atoms with E-state index in [1.807, 2.05) is 50.2 Å². The van der Waals surface area contributed by atoms with Gasteiger partial charge in [-0.15, -0.1) is 0 Å². The lowest BCUT2D eigenvalue weighted by Gasteiger charge is -2.38. The van der Waals surface area contributed by atoms with Gasteiger partial charge in [0.25, 0.3) is 0 Å². The zero-order valence-electron chi connectivity index (χ0n) is 16.9. The summed E-state index contributed by atoms with van der Waals surface area (Å²) in [5.74, 6) is 0. The van der Waals surface area contributed by atoms with E-state index in [1.165, 1.54) is 18.8 Å². The van der Waals surface area contributed by atoms with Crippen molar-refractivity contribution in [1.82, 2.24) is 4.90 Å². The first-order valence-electron chi connectivity index (χ1n) is 9.30. The summed E-state index contributed by atoms with van der Waals surface area (Å²) in [6.45, 7) is 13.1. The van der Waals surface area contributed by atoms with Gasteiger partial charge in [0.1, 0.15) is 0 Å². The van der Waals surface area contributed by atoms with Gasteiger partial charge >= 0.3 is 0 Å². The first kappa shape index (κ1) is 34.7. The lowest BCUT2D eigenvalue weighted by atomic mass is 10.2. The number of nitrogens with zero attached hydrogens (tertiary/aromatic N) is 2.